The van der Waals surface area contributed by atoms with Crippen LogP contribution in [0.4, 0.5) is 11.4 Å². The van der Waals surface area contributed by atoms with Gasteiger partial charge >= 0.3 is 0 Å². The molecule has 1 rings (SSSR count). The van der Waals surface area contributed by atoms with Crippen LogP contribution in [0.15, 0.2) is 16.6 Å². The monoisotopic (exact) mass is 300 g/mol. The smallest absolute Gasteiger partial charge is 0.273 e. The number of aryl methyl sites for hydroxylation is 1. The van der Waals surface area contributed by atoms with Gasteiger partial charge in [-0.25, -0.2) is 0 Å². The first-order chi connectivity index (χ1) is 7.91. The fraction of sp³-hybridized carbons (Fsp3) is 0.500. The molecular weight excluding hydrogens is 284 g/mol. The zero-order valence-electron chi connectivity index (χ0n) is 10.3. The van der Waals surface area contributed by atoms with Gasteiger partial charge in [0, 0.05) is 28.3 Å². The van der Waals surface area contributed by atoms with Crippen molar-refractivity contribution in [2.75, 3.05) is 11.9 Å². The van der Waals surface area contributed by atoms with Crippen LogP contribution in [-0.4, -0.2) is 11.5 Å². The lowest BCUT2D eigenvalue weighted by Crippen LogP contribution is -2.06. The van der Waals surface area contributed by atoms with Crippen LogP contribution in [0.1, 0.15) is 25.8 Å². The van der Waals surface area contributed by atoms with Crippen molar-refractivity contribution in [3.63, 3.8) is 0 Å². The maximum Gasteiger partial charge on any atom is 0.273 e. The average Bonchev–Trinajstić information content (AvgIpc) is 2.21. The van der Waals surface area contributed by atoms with Crippen molar-refractivity contribution >= 4 is 27.3 Å². The summed E-state index contributed by atoms with van der Waals surface area (Å²) < 4.78 is 0.735. The minimum Gasteiger partial charge on any atom is -0.384 e. The van der Waals surface area contributed by atoms with Crippen LogP contribution in [-0.2, 0) is 0 Å². The van der Waals surface area contributed by atoms with E-state index in [1.54, 1.807) is 13.0 Å². The number of hydrogen-bond acceptors (Lipinski definition) is 3. The van der Waals surface area contributed by atoms with Crippen LogP contribution in [0.2, 0.25) is 0 Å². The molecule has 0 spiro atoms. The lowest BCUT2D eigenvalue weighted by atomic mass is 10.1. The molecule has 0 atom stereocenters. The van der Waals surface area contributed by atoms with E-state index >= 15 is 0 Å². The number of halogens is 1. The molecule has 1 aromatic carbocycles. The highest BCUT2D eigenvalue weighted by molar-refractivity contribution is 9.10. The summed E-state index contributed by atoms with van der Waals surface area (Å²) in [5, 5.41) is 14.0. The molecule has 0 aliphatic carbocycles. The third kappa shape index (κ3) is 4.00. The second kappa shape index (κ2) is 6.00. The van der Waals surface area contributed by atoms with E-state index in [0.29, 0.717) is 11.5 Å². The number of benzene rings is 1. The van der Waals surface area contributed by atoms with Crippen molar-refractivity contribution < 1.29 is 4.92 Å². The van der Waals surface area contributed by atoms with Gasteiger partial charge in [0.15, 0.2) is 0 Å². The Morgan fingerprint density at radius 1 is 1.47 bits per heavy atom. The van der Waals surface area contributed by atoms with E-state index < -0.39 is 0 Å². The number of anilines is 1. The molecule has 0 aromatic heterocycles. The third-order valence-electron chi connectivity index (χ3n) is 2.52. The quantitative estimate of drug-likeness (QED) is 0.657. The molecule has 0 saturated heterocycles. The minimum absolute atomic E-state index is 0.145. The second-order valence-corrected chi connectivity index (χ2v) is 5.34. The van der Waals surface area contributed by atoms with Gasteiger partial charge in [-0.15, -0.1) is 0 Å². The van der Waals surface area contributed by atoms with E-state index in [1.807, 2.05) is 6.07 Å². The number of nitrogens with one attached hydrogen (secondary N) is 1. The first-order valence-corrected chi connectivity index (χ1v) is 6.39. The third-order valence-corrected chi connectivity index (χ3v) is 3.18. The lowest BCUT2D eigenvalue weighted by molar-refractivity contribution is -0.385. The van der Waals surface area contributed by atoms with Gasteiger partial charge in [-0.1, -0.05) is 13.8 Å². The van der Waals surface area contributed by atoms with E-state index in [2.05, 4.69) is 35.1 Å². The minimum atomic E-state index is -0.363. The molecule has 1 aromatic rings. The molecule has 0 unspecified atom stereocenters. The summed E-state index contributed by atoms with van der Waals surface area (Å²) in [5.41, 5.74) is 1.73. The van der Waals surface area contributed by atoms with Gasteiger partial charge in [0.25, 0.3) is 5.69 Å². The first kappa shape index (κ1) is 14.0. The molecule has 0 amide bonds. The van der Waals surface area contributed by atoms with Crippen molar-refractivity contribution in [1.82, 2.24) is 0 Å². The summed E-state index contributed by atoms with van der Waals surface area (Å²) in [4.78, 5) is 10.4. The summed E-state index contributed by atoms with van der Waals surface area (Å²) in [6.07, 6.45) is 1.07. The molecular formula is C12H17BrN2O2. The van der Waals surface area contributed by atoms with Crippen LogP contribution in [0.5, 0.6) is 0 Å². The summed E-state index contributed by atoms with van der Waals surface area (Å²) in [5.74, 6) is 0.639. The average molecular weight is 301 g/mol. The molecule has 1 N–H and O–H groups in total. The Labute approximate surface area is 110 Å². The Kier molecular flexibility index (Phi) is 4.93. The van der Waals surface area contributed by atoms with Gasteiger partial charge in [0.1, 0.15) is 0 Å². The molecule has 4 nitrogen and oxygen atoms in total. The van der Waals surface area contributed by atoms with Gasteiger partial charge < -0.3 is 5.32 Å². The summed E-state index contributed by atoms with van der Waals surface area (Å²) in [6.45, 7) is 6.95. The Balaban J connectivity index is 2.81. The molecule has 0 aliphatic heterocycles. The van der Waals surface area contributed by atoms with Crippen molar-refractivity contribution in [3.05, 3.63) is 32.3 Å². The number of nitro benzene ring substituents is 1. The summed E-state index contributed by atoms with van der Waals surface area (Å²) in [7, 11) is 0. The predicted octanol–water partition coefficient (Wildman–Crippen LogP) is 4.12. The summed E-state index contributed by atoms with van der Waals surface area (Å²) >= 11 is 3.35. The van der Waals surface area contributed by atoms with Gasteiger partial charge in [0.2, 0.25) is 0 Å². The SMILES string of the molecule is Cc1cc(NCCC(C)C)c(Br)cc1[N+](=O)[O-]. The predicted molar refractivity (Wildman–Crippen MR) is 73.5 cm³/mol. The zero-order chi connectivity index (χ0) is 13.0. The highest BCUT2D eigenvalue weighted by Gasteiger charge is 2.13. The molecule has 0 bridgehead atoms. The maximum atomic E-state index is 10.8. The van der Waals surface area contributed by atoms with Gasteiger partial charge in [-0.05, 0) is 41.3 Å². The van der Waals surface area contributed by atoms with Crippen LogP contribution in [0, 0.1) is 23.0 Å². The molecule has 0 heterocycles. The van der Waals surface area contributed by atoms with Crippen LogP contribution in [0.25, 0.3) is 0 Å². The van der Waals surface area contributed by atoms with E-state index in [0.717, 1.165) is 23.1 Å². The zero-order valence-corrected chi connectivity index (χ0v) is 11.9. The number of rotatable bonds is 5. The molecule has 5 heteroatoms. The number of hydrogen-bond donors (Lipinski definition) is 1. The second-order valence-electron chi connectivity index (χ2n) is 4.48. The van der Waals surface area contributed by atoms with Gasteiger partial charge in [-0.2, -0.15) is 0 Å². The molecule has 0 saturated carbocycles. The van der Waals surface area contributed by atoms with E-state index in [9.17, 15) is 10.1 Å². The molecule has 17 heavy (non-hydrogen) atoms. The Morgan fingerprint density at radius 3 is 2.65 bits per heavy atom. The van der Waals surface area contributed by atoms with Crippen molar-refractivity contribution in [2.24, 2.45) is 5.92 Å². The fourth-order valence-electron chi connectivity index (χ4n) is 1.50. The van der Waals surface area contributed by atoms with Crippen LogP contribution in [0.3, 0.4) is 0 Å². The Morgan fingerprint density at radius 2 is 2.12 bits per heavy atom. The molecule has 0 fully saturated rings. The maximum absolute atomic E-state index is 10.8. The standard InChI is InChI=1S/C12H17BrN2O2/c1-8(2)4-5-14-11-6-9(3)12(15(16)17)7-10(11)13/h6-8,14H,4-5H2,1-3H3. The molecule has 0 aliphatic rings. The van der Waals surface area contributed by atoms with E-state index in [1.165, 1.54) is 0 Å². The molecule has 0 radical (unpaired) electrons. The highest BCUT2D eigenvalue weighted by Crippen LogP contribution is 2.30. The largest absolute Gasteiger partial charge is 0.384 e. The summed E-state index contributed by atoms with van der Waals surface area (Å²) in [6, 6.07) is 3.36. The Bertz CT molecular complexity index is 419. The van der Waals surface area contributed by atoms with Crippen molar-refractivity contribution in [1.29, 1.82) is 0 Å². The van der Waals surface area contributed by atoms with Gasteiger partial charge in [0.05, 0.1) is 4.92 Å². The highest BCUT2D eigenvalue weighted by atomic mass is 79.9. The number of nitro groups is 1. The normalized spacial score (nSPS) is 10.6. The van der Waals surface area contributed by atoms with Crippen molar-refractivity contribution in [2.45, 2.75) is 27.2 Å². The van der Waals surface area contributed by atoms with Crippen LogP contribution >= 0.6 is 15.9 Å². The fourth-order valence-corrected chi connectivity index (χ4v) is 1.97. The first-order valence-electron chi connectivity index (χ1n) is 5.60. The van der Waals surface area contributed by atoms with E-state index in [-0.39, 0.29) is 10.6 Å². The number of nitrogens with zero attached hydrogens (tertiary/aromatic N) is 1. The molecule has 94 valence electrons. The van der Waals surface area contributed by atoms with Gasteiger partial charge in [-0.3, -0.25) is 10.1 Å². The lowest BCUT2D eigenvalue weighted by Gasteiger charge is -2.11. The Hall–Kier alpha value is -1.10. The topological polar surface area (TPSA) is 55.2 Å². The van der Waals surface area contributed by atoms with Crippen LogP contribution < -0.4 is 5.32 Å². The van der Waals surface area contributed by atoms with E-state index in [4.69, 9.17) is 0 Å². The van der Waals surface area contributed by atoms with Crippen molar-refractivity contribution in [3.8, 4) is 0 Å².